The predicted molar refractivity (Wildman–Crippen MR) is 92.4 cm³/mol. The van der Waals surface area contributed by atoms with Crippen molar-refractivity contribution in [2.45, 2.75) is 32.4 Å². The van der Waals surface area contributed by atoms with Gasteiger partial charge in [0.25, 0.3) is 0 Å². The van der Waals surface area contributed by atoms with Crippen LogP contribution in [0.25, 0.3) is 0 Å². The first kappa shape index (κ1) is 20.1. The van der Waals surface area contributed by atoms with Crippen LogP contribution in [0.2, 0.25) is 0 Å². The minimum Gasteiger partial charge on any atom is -0.494 e. The lowest BCUT2D eigenvalue weighted by Gasteiger charge is -2.18. The van der Waals surface area contributed by atoms with Gasteiger partial charge in [-0.1, -0.05) is 12.1 Å². The van der Waals surface area contributed by atoms with Crippen molar-refractivity contribution < 1.29 is 9.53 Å². The van der Waals surface area contributed by atoms with Crippen LogP contribution in [-0.4, -0.2) is 30.6 Å². The zero-order chi connectivity index (χ0) is 15.0. The van der Waals surface area contributed by atoms with Gasteiger partial charge in [-0.05, 0) is 50.0 Å². The van der Waals surface area contributed by atoms with Crippen molar-refractivity contribution in [1.82, 2.24) is 5.32 Å². The number of benzene rings is 1. The molecule has 0 aliphatic heterocycles. The van der Waals surface area contributed by atoms with Crippen LogP contribution in [0.5, 0.6) is 5.75 Å². The molecule has 2 atom stereocenters. The highest BCUT2D eigenvalue weighted by molar-refractivity contribution is 7.98. The summed E-state index contributed by atoms with van der Waals surface area (Å²) in [5.74, 6) is 1.61. The van der Waals surface area contributed by atoms with E-state index in [1.807, 2.05) is 44.4 Å². The van der Waals surface area contributed by atoms with Gasteiger partial charge in [0.1, 0.15) is 5.75 Å². The molecule has 120 valence electrons. The van der Waals surface area contributed by atoms with Crippen LogP contribution < -0.4 is 15.8 Å². The minimum atomic E-state index is -0.444. The Balaban J connectivity index is 0.00000400. The van der Waals surface area contributed by atoms with Crippen LogP contribution in [-0.2, 0) is 4.79 Å². The van der Waals surface area contributed by atoms with Gasteiger partial charge in [0, 0.05) is 0 Å². The zero-order valence-corrected chi connectivity index (χ0v) is 14.4. The van der Waals surface area contributed by atoms with E-state index < -0.39 is 6.04 Å². The van der Waals surface area contributed by atoms with Gasteiger partial charge in [-0.25, -0.2) is 0 Å². The largest absolute Gasteiger partial charge is 0.494 e. The summed E-state index contributed by atoms with van der Waals surface area (Å²) in [5.41, 5.74) is 6.87. The predicted octanol–water partition coefficient (Wildman–Crippen LogP) is 2.76. The summed E-state index contributed by atoms with van der Waals surface area (Å²) < 4.78 is 5.46. The SMILES string of the molecule is CCOc1cccc(C(C)NC(=O)[C@@H](N)CCSC)c1.Cl. The van der Waals surface area contributed by atoms with E-state index in [-0.39, 0.29) is 24.4 Å². The molecule has 1 aromatic rings. The molecule has 0 heterocycles. The van der Waals surface area contributed by atoms with Gasteiger partial charge in [-0.3, -0.25) is 4.79 Å². The Hall–Kier alpha value is -0.910. The molecule has 1 aromatic carbocycles. The third-order valence-electron chi connectivity index (χ3n) is 3.00. The molecule has 1 amide bonds. The molecule has 0 aliphatic rings. The van der Waals surface area contributed by atoms with Crippen molar-refractivity contribution >= 4 is 30.1 Å². The topological polar surface area (TPSA) is 64.3 Å². The van der Waals surface area contributed by atoms with Gasteiger partial charge in [0.05, 0.1) is 18.7 Å². The number of amides is 1. The van der Waals surface area contributed by atoms with Crippen molar-refractivity contribution in [2.75, 3.05) is 18.6 Å². The van der Waals surface area contributed by atoms with Crippen LogP contribution in [0.15, 0.2) is 24.3 Å². The summed E-state index contributed by atoms with van der Waals surface area (Å²) in [4.78, 5) is 12.0. The average molecular weight is 333 g/mol. The molecule has 4 nitrogen and oxygen atoms in total. The molecule has 0 radical (unpaired) electrons. The fourth-order valence-electron chi connectivity index (χ4n) is 1.82. The van der Waals surface area contributed by atoms with E-state index in [1.165, 1.54) is 0 Å². The van der Waals surface area contributed by atoms with E-state index in [9.17, 15) is 4.79 Å². The fraction of sp³-hybridized carbons (Fsp3) is 0.533. The number of nitrogens with two attached hydrogens (primary N) is 1. The quantitative estimate of drug-likeness (QED) is 0.768. The van der Waals surface area contributed by atoms with Gasteiger partial charge in [-0.15, -0.1) is 12.4 Å². The first-order chi connectivity index (χ1) is 9.58. The van der Waals surface area contributed by atoms with Crippen molar-refractivity contribution in [1.29, 1.82) is 0 Å². The molecule has 6 heteroatoms. The van der Waals surface area contributed by atoms with E-state index in [2.05, 4.69) is 5.32 Å². The highest BCUT2D eigenvalue weighted by Crippen LogP contribution is 2.19. The van der Waals surface area contributed by atoms with Crippen LogP contribution in [0.4, 0.5) is 0 Å². The molecule has 0 saturated carbocycles. The Morgan fingerprint density at radius 1 is 1.48 bits per heavy atom. The lowest BCUT2D eigenvalue weighted by molar-refractivity contribution is -0.123. The molecule has 1 unspecified atom stereocenters. The first-order valence-corrected chi connectivity index (χ1v) is 8.25. The number of nitrogens with one attached hydrogen (secondary N) is 1. The summed E-state index contributed by atoms with van der Waals surface area (Å²) in [7, 11) is 0. The molecule has 3 N–H and O–H groups in total. The van der Waals surface area contributed by atoms with Gasteiger partial charge in [0.2, 0.25) is 5.91 Å². The fourth-order valence-corrected chi connectivity index (χ4v) is 2.31. The second-order valence-corrected chi connectivity index (χ2v) is 5.61. The molecule has 1 rings (SSSR count). The van der Waals surface area contributed by atoms with Crippen molar-refractivity contribution in [2.24, 2.45) is 5.73 Å². The number of carbonyl (C=O) groups is 1. The molecule has 0 aliphatic carbocycles. The minimum absolute atomic E-state index is 0. The smallest absolute Gasteiger partial charge is 0.237 e. The standard InChI is InChI=1S/C15H24N2O2S.ClH/c1-4-19-13-7-5-6-12(10-13)11(2)17-15(18)14(16)8-9-20-3;/h5-7,10-11,14H,4,8-9,16H2,1-3H3,(H,17,18);1H/t11?,14-;/m0./s1. The van der Waals surface area contributed by atoms with Gasteiger partial charge >= 0.3 is 0 Å². The van der Waals surface area contributed by atoms with Gasteiger partial charge < -0.3 is 15.8 Å². The highest BCUT2D eigenvalue weighted by atomic mass is 35.5. The molecule has 0 fully saturated rings. The Kier molecular flexibility index (Phi) is 10.3. The molecule has 0 spiro atoms. The van der Waals surface area contributed by atoms with Crippen LogP contribution in [0.3, 0.4) is 0 Å². The third kappa shape index (κ3) is 7.07. The molecule has 21 heavy (non-hydrogen) atoms. The Bertz CT molecular complexity index is 432. The highest BCUT2D eigenvalue weighted by Gasteiger charge is 2.16. The van der Waals surface area contributed by atoms with Crippen molar-refractivity contribution in [3.05, 3.63) is 29.8 Å². The first-order valence-electron chi connectivity index (χ1n) is 6.86. The molecular weight excluding hydrogens is 308 g/mol. The van der Waals surface area contributed by atoms with Crippen LogP contribution in [0, 0.1) is 0 Å². The molecule has 0 saturated heterocycles. The summed E-state index contributed by atoms with van der Waals surface area (Å²) in [6.45, 7) is 4.52. The van der Waals surface area contributed by atoms with Crippen molar-refractivity contribution in [3.63, 3.8) is 0 Å². The third-order valence-corrected chi connectivity index (χ3v) is 3.64. The van der Waals surface area contributed by atoms with E-state index >= 15 is 0 Å². The Morgan fingerprint density at radius 3 is 2.81 bits per heavy atom. The molecular formula is C15H25ClN2O2S. The number of hydrogen-bond acceptors (Lipinski definition) is 4. The van der Waals surface area contributed by atoms with Crippen LogP contribution in [0.1, 0.15) is 31.9 Å². The second-order valence-electron chi connectivity index (χ2n) is 4.62. The van der Waals surface area contributed by atoms with E-state index in [1.54, 1.807) is 11.8 Å². The maximum absolute atomic E-state index is 12.0. The maximum atomic E-state index is 12.0. The van der Waals surface area contributed by atoms with E-state index in [0.29, 0.717) is 13.0 Å². The number of thioether (sulfide) groups is 1. The normalized spacial score (nSPS) is 13.0. The summed E-state index contributed by atoms with van der Waals surface area (Å²) >= 11 is 1.69. The molecule has 0 aromatic heterocycles. The molecule has 0 bridgehead atoms. The second kappa shape index (κ2) is 10.8. The lowest BCUT2D eigenvalue weighted by atomic mass is 10.1. The number of rotatable bonds is 8. The van der Waals surface area contributed by atoms with Gasteiger partial charge in [0.15, 0.2) is 0 Å². The van der Waals surface area contributed by atoms with E-state index in [0.717, 1.165) is 17.1 Å². The Labute approximate surface area is 137 Å². The summed E-state index contributed by atoms with van der Waals surface area (Å²) in [6, 6.07) is 7.23. The summed E-state index contributed by atoms with van der Waals surface area (Å²) in [5, 5.41) is 2.95. The maximum Gasteiger partial charge on any atom is 0.237 e. The Morgan fingerprint density at radius 2 is 2.19 bits per heavy atom. The zero-order valence-electron chi connectivity index (χ0n) is 12.8. The van der Waals surface area contributed by atoms with E-state index in [4.69, 9.17) is 10.5 Å². The monoisotopic (exact) mass is 332 g/mol. The summed E-state index contributed by atoms with van der Waals surface area (Å²) in [6.07, 6.45) is 2.70. The number of ether oxygens (including phenoxy) is 1. The average Bonchev–Trinajstić information content (AvgIpc) is 2.45. The van der Waals surface area contributed by atoms with Crippen molar-refractivity contribution in [3.8, 4) is 5.75 Å². The number of hydrogen-bond donors (Lipinski definition) is 2. The van der Waals surface area contributed by atoms with Crippen LogP contribution >= 0.6 is 24.2 Å². The van der Waals surface area contributed by atoms with Gasteiger partial charge in [-0.2, -0.15) is 11.8 Å². The number of halogens is 1. The number of carbonyl (C=O) groups excluding carboxylic acids is 1. The lowest BCUT2D eigenvalue weighted by Crippen LogP contribution is -2.41.